The summed E-state index contributed by atoms with van der Waals surface area (Å²) in [5.74, 6) is -0.885. The number of carbonyl (C=O) groups excluding carboxylic acids is 2. The van der Waals surface area contributed by atoms with Gasteiger partial charge in [-0.2, -0.15) is 0 Å². The van der Waals surface area contributed by atoms with Crippen molar-refractivity contribution in [3.63, 3.8) is 0 Å². The maximum absolute atomic E-state index is 12.7. The summed E-state index contributed by atoms with van der Waals surface area (Å²) in [5.41, 5.74) is 1.07. The van der Waals surface area contributed by atoms with Crippen LogP contribution >= 0.6 is 69.8 Å². The van der Waals surface area contributed by atoms with Gasteiger partial charge in [0.25, 0.3) is 11.8 Å². The van der Waals surface area contributed by atoms with Gasteiger partial charge in [-0.05, 0) is 58.5 Å². The predicted octanol–water partition coefficient (Wildman–Crippen LogP) is 5.64. The molecule has 0 unspecified atom stereocenters. The van der Waals surface area contributed by atoms with E-state index in [2.05, 4.69) is 22.6 Å². The number of benzene rings is 2. The van der Waals surface area contributed by atoms with E-state index in [-0.39, 0.29) is 4.32 Å². The van der Waals surface area contributed by atoms with E-state index in [9.17, 15) is 9.59 Å². The van der Waals surface area contributed by atoms with Gasteiger partial charge in [-0.25, -0.2) is 4.90 Å². The van der Waals surface area contributed by atoms with Gasteiger partial charge in [0.1, 0.15) is 0 Å². The number of nitrogens with zero attached hydrogens (tertiary/aromatic N) is 1. The highest BCUT2D eigenvalue weighted by Gasteiger charge is 2.37. The molecule has 8 heteroatoms. The highest BCUT2D eigenvalue weighted by molar-refractivity contribution is 14.1. The van der Waals surface area contributed by atoms with Gasteiger partial charge in [-0.15, -0.1) is 0 Å². The Bertz CT molecular complexity index is 946. The molecule has 3 rings (SSSR count). The van der Waals surface area contributed by atoms with Crippen molar-refractivity contribution in [2.45, 2.75) is 0 Å². The molecule has 126 valence electrons. The number of rotatable bonds is 2. The van der Waals surface area contributed by atoms with Gasteiger partial charge in [0, 0.05) is 13.6 Å². The molecule has 2 amide bonds. The van der Waals surface area contributed by atoms with E-state index in [1.54, 1.807) is 42.5 Å². The molecule has 0 aromatic heterocycles. The molecular formula is C17H8Cl2INO2S2. The Hall–Kier alpha value is -0.930. The Morgan fingerprint density at radius 3 is 2.60 bits per heavy atom. The lowest BCUT2D eigenvalue weighted by atomic mass is 10.2. The zero-order chi connectivity index (χ0) is 18.1. The SMILES string of the molecule is O=C1/C(=C\c2ccc(Cl)cc2Cl)SC(=S)N1C(=O)c1ccccc1I. The molecule has 0 bridgehead atoms. The predicted molar refractivity (Wildman–Crippen MR) is 115 cm³/mol. The number of hydrogen-bond donors (Lipinski definition) is 0. The average molecular weight is 520 g/mol. The molecule has 1 fully saturated rings. The third-order valence-corrected chi connectivity index (χ3v) is 6.16. The number of amides is 2. The Labute approximate surface area is 177 Å². The van der Waals surface area contributed by atoms with Crippen LogP contribution in [0.3, 0.4) is 0 Å². The minimum atomic E-state index is -0.453. The zero-order valence-electron chi connectivity index (χ0n) is 12.3. The minimum Gasteiger partial charge on any atom is -0.268 e. The number of thioether (sulfide) groups is 1. The standard InChI is InChI=1S/C17H8Cl2INO2S2/c18-10-6-5-9(12(19)8-10)7-14-16(23)21(17(24)25-14)15(22)11-3-1-2-4-13(11)20/h1-8H/b14-7+. The van der Waals surface area contributed by atoms with Gasteiger partial charge in [0.05, 0.1) is 10.5 Å². The van der Waals surface area contributed by atoms with Crippen molar-refractivity contribution in [1.82, 2.24) is 4.90 Å². The third kappa shape index (κ3) is 3.93. The smallest absolute Gasteiger partial charge is 0.268 e. The van der Waals surface area contributed by atoms with E-state index in [1.165, 1.54) is 0 Å². The number of imide groups is 1. The van der Waals surface area contributed by atoms with Crippen LogP contribution in [0.25, 0.3) is 6.08 Å². The van der Waals surface area contributed by atoms with E-state index in [0.29, 0.717) is 26.1 Å². The lowest BCUT2D eigenvalue weighted by Gasteiger charge is -2.13. The van der Waals surface area contributed by atoms with Crippen LogP contribution in [0.4, 0.5) is 0 Å². The number of thiocarbonyl (C=S) groups is 1. The van der Waals surface area contributed by atoms with Crippen LogP contribution in [0.15, 0.2) is 47.4 Å². The van der Waals surface area contributed by atoms with Crippen LogP contribution in [0, 0.1) is 3.57 Å². The highest BCUT2D eigenvalue weighted by Crippen LogP contribution is 2.35. The van der Waals surface area contributed by atoms with Crippen molar-refractivity contribution in [3.8, 4) is 0 Å². The summed E-state index contributed by atoms with van der Waals surface area (Å²) in [5, 5.41) is 0.922. The Kier molecular flexibility index (Phi) is 5.85. The van der Waals surface area contributed by atoms with Crippen LogP contribution < -0.4 is 0 Å². The van der Waals surface area contributed by atoms with Gasteiger partial charge in [-0.3, -0.25) is 9.59 Å². The lowest BCUT2D eigenvalue weighted by molar-refractivity contribution is -0.120. The van der Waals surface area contributed by atoms with Crippen molar-refractivity contribution in [2.24, 2.45) is 0 Å². The number of carbonyl (C=O) groups is 2. The molecule has 2 aromatic rings. The molecule has 1 aliphatic heterocycles. The van der Waals surface area contributed by atoms with Gasteiger partial charge >= 0.3 is 0 Å². The molecule has 0 saturated carbocycles. The van der Waals surface area contributed by atoms with E-state index in [0.717, 1.165) is 20.2 Å². The van der Waals surface area contributed by atoms with Crippen molar-refractivity contribution < 1.29 is 9.59 Å². The van der Waals surface area contributed by atoms with E-state index in [4.69, 9.17) is 35.4 Å². The molecule has 1 aliphatic rings. The van der Waals surface area contributed by atoms with Crippen molar-refractivity contribution in [1.29, 1.82) is 0 Å². The monoisotopic (exact) mass is 519 g/mol. The molecule has 2 aromatic carbocycles. The zero-order valence-corrected chi connectivity index (χ0v) is 17.6. The summed E-state index contributed by atoms with van der Waals surface area (Å²) >= 11 is 20.4. The van der Waals surface area contributed by atoms with Gasteiger partial charge in [-0.1, -0.05) is 65.4 Å². The Morgan fingerprint density at radius 1 is 1.20 bits per heavy atom. The number of halogens is 3. The summed E-state index contributed by atoms with van der Waals surface area (Å²) < 4.78 is 0.954. The minimum absolute atomic E-state index is 0.200. The van der Waals surface area contributed by atoms with Crippen LogP contribution in [-0.4, -0.2) is 21.0 Å². The first-order valence-electron chi connectivity index (χ1n) is 6.90. The van der Waals surface area contributed by atoms with Gasteiger partial charge in [0.2, 0.25) is 0 Å². The van der Waals surface area contributed by atoms with Crippen LogP contribution in [0.5, 0.6) is 0 Å². The maximum atomic E-state index is 12.7. The molecular weight excluding hydrogens is 512 g/mol. The summed E-state index contributed by atoms with van der Waals surface area (Å²) in [7, 11) is 0. The fourth-order valence-corrected chi connectivity index (χ4v) is 4.48. The fourth-order valence-electron chi connectivity index (χ4n) is 2.16. The summed E-state index contributed by atoms with van der Waals surface area (Å²) in [6, 6.07) is 12.0. The fraction of sp³-hybridized carbons (Fsp3) is 0. The summed E-state index contributed by atoms with van der Waals surface area (Å²) in [6.07, 6.45) is 1.61. The second kappa shape index (κ2) is 7.75. The molecule has 1 heterocycles. The van der Waals surface area contributed by atoms with Crippen LogP contribution in [0.2, 0.25) is 10.0 Å². The van der Waals surface area contributed by atoms with E-state index in [1.807, 2.05) is 6.07 Å². The molecule has 25 heavy (non-hydrogen) atoms. The highest BCUT2D eigenvalue weighted by atomic mass is 127. The van der Waals surface area contributed by atoms with Crippen LogP contribution in [-0.2, 0) is 4.79 Å². The molecule has 0 N–H and O–H groups in total. The van der Waals surface area contributed by atoms with E-state index < -0.39 is 11.8 Å². The molecule has 0 aliphatic carbocycles. The normalized spacial score (nSPS) is 16.0. The first kappa shape index (κ1) is 18.8. The van der Waals surface area contributed by atoms with Gasteiger partial charge in [0.15, 0.2) is 4.32 Å². The van der Waals surface area contributed by atoms with Gasteiger partial charge < -0.3 is 0 Å². The topological polar surface area (TPSA) is 37.4 Å². The lowest BCUT2D eigenvalue weighted by Crippen LogP contribution is -2.35. The molecule has 0 spiro atoms. The molecule has 3 nitrogen and oxygen atoms in total. The van der Waals surface area contributed by atoms with Crippen molar-refractivity contribution in [3.05, 3.63) is 72.1 Å². The first-order valence-corrected chi connectivity index (χ1v) is 9.96. The van der Waals surface area contributed by atoms with E-state index >= 15 is 0 Å². The maximum Gasteiger partial charge on any atom is 0.273 e. The Balaban J connectivity index is 1.94. The van der Waals surface area contributed by atoms with Crippen molar-refractivity contribution in [2.75, 3.05) is 0 Å². The largest absolute Gasteiger partial charge is 0.273 e. The summed E-state index contributed by atoms with van der Waals surface area (Å²) in [4.78, 5) is 26.8. The second-order valence-corrected chi connectivity index (χ2v) is 8.65. The molecule has 1 saturated heterocycles. The number of hydrogen-bond acceptors (Lipinski definition) is 4. The molecule has 0 atom stereocenters. The van der Waals surface area contributed by atoms with Crippen LogP contribution in [0.1, 0.15) is 15.9 Å². The first-order chi connectivity index (χ1) is 11.9. The third-order valence-electron chi connectivity index (χ3n) is 3.35. The Morgan fingerprint density at radius 2 is 1.92 bits per heavy atom. The summed E-state index contributed by atoms with van der Waals surface area (Å²) in [6.45, 7) is 0. The van der Waals surface area contributed by atoms with Crippen molar-refractivity contribution >= 4 is 92.0 Å². The quantitative estimate of drug-likeness (QED) is 0.223. The second-order valence-electron chi connectivity index (χ2n) is 4.97. The average Bonchev–Trinajstić information content (AvgIpc) is 2.84. The molecule has 0 radical (unpaired) electrons.